The number of nitrogens with zero attached hydrogens (tertiary/aromatic N) is 1. The molecule has 0 saturated carbocycles. The summed E-state index contributed by atoms with van der Waals surface area (Å²) >= 11 is 3.55. The smallest absolute Gasteiger partial charge is 0.0758 e. The van der Waals surface area contributed by atoms with E-state index in [1.54, 1.807) is 0 Å². The highest BCUT2D eigenvalue weighted by Crippen LogP contribution is 2.25. The maximum atomic E-state index is 9.35. The van der Waals surface area contributed by atoms with Crippen molar-refractivity contribution < 1.29 is 5.11 Å². The lowest BCUT2D eigenvalue weighted by Gasteiger charge is -2.20. The zero-order chi connectivity index (χ0) is 13.8. The first-order valence-corrected chi connectivity index (χ1v) is 7.29. The lowest BCUT2D eigenvalue weighted by atomic mass is 10.0. The van der Waals surface area contributed by atoms with Gasteiger partial charge in [-0.1, -0.05) is 41.9 Å². The summed E-state index contributed by atoms with van der Waals surface area (Å²) in [5.41, 5.74) is 2.16. The van der Waals surface area contributed by atoms with Crippen LogP contribution in [0.3, 0.4) is 0 Å². The van der Waals surface area contributed by atoms with Crippen LogP contribution in [0.15, 0.2) is 34.9 Å². The van der Waals surface area contributed by atoms with Crippen LogP contribution in [-0.4, -0.2) is 22.7 Å². The number of pyridine rings is 1. The Hall–Kier alpha value is -0.970. The molecule has 0 amide bonds. The molecule has 19 heavy (non-hydrogen) atoms. The summed E-state index contributed by atoms with van der Waals surface area (Å²) in [5, 5.41) is 13.9. The second-order valence-corrected chi connectivity index (χ2v) is 5.87. The first-order valence-electron chi connectivity index (χ1n) is 6.50. The van der Waals surface area contributed by atoms with Crippen LogP contribution in [0.5, 0.6) is 0 Å². The molecule has 1 atom stereocenters. The first-order chi connectivity index (χ1) is 9.13. The van der Waals surface area contributed by atoms with E-state index >= 15 is 0 Å². The minimum atomic E-state index is 0.113. The van der Waals surface area contributed by atoms with Gasteiger partial charge in [0.1, 0.15) is 0 Å². The number of rotatable bonds is 5. The molecule has 1 heterocycles. The Balaban J connectivity index is 2.24. The van der Waals surface area contributed by atoms with Gasteiger partial charge in [-0.3, -0.25) is 4.98 Å². The predicted octanol–water partition coefficient (Wildman–Crippen LogP) is 3.10. The molecule has 3 nitrogen and oxygen atoms in total. The summed E-state index contributed by atoms with van der Waals surface area (Å²) in [6.45, 7) is 5.07. The number of aliphatic hydroxyl groups is 1. The molecule has 102 valence electrons. The van der Waals surface area contributed by atoms with Crippen molar-refractivity contribution in [2.75, 3.05) is 6.61 Å². The Labute approximate surface area is 122 Å². The zero-order valence-corrected chi connectivity index (χ0v) is 12.8. The number of hydrogen-bond donors (Lipinski definition) is 2. The van der Waals surface area contributed by atoms with Gasteiger partial charge in [0.05, 0.1) is 12.1 Å². The molecule has 1 aromatic carbocycles. The number of aliphatic hydroxyl groups excluding tert-OH is 1. The average molecular weight is 323 g/mol. The van der Waals surface area contributed by atoms with E-state index in [1.165, 1.54) is 0 Å². The van der Waals surface area contributed by atoms with E-state index in [0.717, 1.165) is 20.9 Å². The van der Waals surface area contributed by atoms with Gasteiger partial charge in [0.2, 0.25) is 0 Å². The largest absolute Gasteiger partial charge is 0.395 e. The third kappa shape index (κ3) is 3.32. The van der Waals surface area contributed by atoms with Gasteiger partial charge in [-0.05, 0) is 23.6 Å². The number of fused-ring (bicyclic) bond motifs is 1. The summed E-state index contributed by atoms with van der Waals surface area (Å²) in [5.74, 6) is 0.402. The van der Waals surface area contributed by atoms with E-state index in [1.807, 2.05) is 18.3 Å². The summed E-state index contributed by atoms with van der Waals surface area (Å²) in [6, 6.07) is 8.23. The molecule has 0 aliphatic rings. The van der Waals surface area contributed by atoms with E-state index in [2.05, 4.69) is 52.2 Å². The normalized spacial score (nSPS) is 13.1. The minimum absolute atomic E-state index is 0.113. The van der Waals surface area contributed by atoms with Gasteiger partial charge in [-0.2, -0.15) is 0 Å². The van der Waals surface area contributed by atoms with E-state index in [4.69, 9.17) is 0 Å². The van der Waals surface area contributed by atoms with Gasteiger partial charge in [0, 0.05) is 28.6 Å². The van der Waals surface area contributed by atoms with Crippen molar-refractivity contribution in [2.45, 2.75) is 26.4 Å². The number of benzene rings is 1. The van der Waals surface area contributed by atoms with Crippen molar-refractivity contribution in [3.8, 4) is 0 Å². The molecular weight excluding hydrogens is 304 g/mol. The second kappa shape index (κ2) is 6.46. The third-order valence-corrected chi connectivity index (χ3v) is 4.05. The minimum Gasteiger partial charge on any atom is -0.395 e. The molecule has 4 heteroatoms. The molecule has 2 N–H and O–H groups in total. The molecule has 2 rings (SSSR count). The maximum Gasteiger partial charge on any atom is 0.0758 e. The number of aromatic nitrogens is 1. The Kier molecular flexibility index (Phi) is 4.91. The van der Waals surface area contributed by atoms with E-state index in [0.29, 0.717) is 12.5 Å². The number of nitrogens with one attached hydrogen (secondary N) is 1. The fourth-order valence-electron chi connectivity index (χ4n) is 2.09. The molecule has 0 radical (unpaired) electrons. The average Bonchev–Trinajstić information content (AvgIpc) is 2.42. The zero-order valence-electron chi connectivity index (χ0n) is 11.2. The lowest BCUT2D eigenvalue weighted by Crippen LogP contribution is -2.36. The highest BCUT2D eigenvalue weighted by atomic mass is 79.9. The standard InChI is InChI=1S/C15H19BrN2O/c1-10(2)14(9-19)18-8-11-5-6-13(16)12-4-3-7-17-15(11)12/h3-7,10,14,18-19H,8-9H2,1-2H3/t14-/m1/s1. The number of hydrogen-bond acceptors (Lipinski definition) is 3. The van der Waals surface area contributed by atoms with Gasteiger partial charge >= 0.3 is 0 Å². The number of halogens is 1. The third-order valence-electron chi connectivity index (χ3n) is 3.36. The van der Waals surface area contributed by atoms with Crippen LogP contribution in [0.4, 0.5) is 0 Å². The van der Waals surface area contributed by atoms with E-state index in [9.17, 15) is 5.11 Å². The van der Waals surface area contributed by atoms with Gasteiger partial charge < -0.3 is 10.4 Å². The van der Waals surface area contributed by atoms with Crippen LogP contribution in [0.1, 0.15) is 19.4 Å². The molecule has 0 aliphatic heterocycles. The van der Waals surface area contributed by atoms with Crippen LogP contribution in [0.25, 0.3) is 10.9 Å². The Morgan fingerprint density at radius 2 is 2.11 bits per heavy atom. The van der Waals surface area contributed by atoms with Crippen LogP contribution >= 0.6 is 15.9 Å². The summed E-state index contributed by atoms with van der Waals surface area (Å²) in [6.07, 6.45) is 1.81. The van der Waals surface area contributed by atoms with Crippen molar-refractivity contribution >= 4 is 26.8 Å². The SMILES string of the molecule is CC(C)[C@@H](CO)NCc1ccc(Br)c2cccnc12. The Morgan fingerprint density at radius 3 is 2.79 bits per heavy atom. The van der Waals surface area contributed by atoms with Gasteiger partial charge in [-0.15, -0.1) is 0 Å². The van der Waals surface area contributed by atoms with Crippen LogP contribution in [0, 0.1) is 5.92 Å². The summed E-state index contributed by atoms with van der Waals surface area (Å²) < 4.78 is 1.06. The van der Waals surface area contributed by atoms with Crippen LogP contribution < -0.4 is 5.32 Å². The fourth-order valence-corrected chi connectivity index (χ4v) is 2.54. The molecule has 0 fully saturated rings. The van der Waals surface area contributed by atoms with Gasteiger partial charge in [0.25, 0.3) is 0 Å². The van der Waals surface area contributed by atoms with Crippen molar-refractivity contribution in [3.05, 3.63) is 40.5 Å². The highest BCUT2D eigenvalue weighted by molar-refractivity contribution is 9.10. The molecule has 0 bridgehead atoms. The summed E-state index contributed by atoms with van der Waals surface area (Å²) in [4.78, 5) is 4.46. The molecule has 0 spiro atoms. The van der Waals surface area contributed by atoms with E-state index in [-0.39, 0.29) is 12.6 Å². The highest BCUT2D eigenvalue weighted by Gasteiger charge is 2.12. The van der Waals surface area contributed by atoms with Crippen molar-refractivity contribution in [2.24, 2.45) is 5.92 Å². The molecular formula is C15H19BrN2O. The molecule has 0 unspecified atom stereocenters. The molecule has 2 aromatic rings. The molecule has 0 aliphatic carbocycles. The second-order valence-electron chi connectivity index (χ2n) is 5.02. The quantitative estimate of drug-likeness (QED) is 0.889. The molecule has 1 aromatic heterocycles. The topological polar surface area (TPSA) is 45.1 Å². The van der Waals surface area contributed by atoms with Crippen LogP contribution in [-0.2, 0) is 6.54 Å². The lowest BCUT2D eigenvalue weighted by molar-refractivity contribution is 0.210. The predicted molar refractivity (Wildman–Crippen MR) is 82.0 cm³/mol. The van der Waals surface area contributed by atoms with E-state index < -0.39 is 0 Å². The Morgan fingerprint density at radius 1 is 1.32 bits per heavy atom. The fraction of sp³-hybridized carbons (Fsp3) is 0.400. The van der Waals surface area contributed by atoms with Crippen LogP contribution in [0.2, 0.25) is 0 Å². The Bertz CT molecular complexity index is 557. The van der Waals surface area contributed by atoms with Crippen molar-refractivity contribution in [3.63, 3.8) is 0 Å². The van der Waals surface area contributed by atoms with Crippen molar-refractivity contribution in [1.29, 1.82) is 0 Å². The first kappa shape index (κ1) is 14.4. The van der Waals surface area contributed by atoms with Gasteiger partial charge in [0.15, 0.2) is 0 Å². The monoisotopic (exact) mass is 322 g/mol. The maximum absolute atomic E-state index is 9.35. The van der Waals surface area contributed by atoms with Gasteiger partial charge in [-0.25, -0.2) is 0 Å². The molecule has 0 saturated heterocycles. The van der Waals surface area contributed by atoms with Crippen molar-refractivity contribution in [1.82, 2.24) is 10.3 Å². The summed E-state index contributed by atoms with van der Waals surface area (Å²) in [7, 11) is 0.